The average molecular weight is 244 g/mol. The van der Waals surface area contributed by atoms with Gasteiger partial charge in [0.2, 0.25) is 0 Å². The van der Waals surface area contributed by atoms with Gasteiger partial charge < -0.3 is 9.05 Å². The number of hydrogen-bond acceptors (Lipinski definition) is 5. The van der Waals surface area contributed by atoms with Gasteiger partial charge in [0.15, 0.2) is 14.8 Å². The number of hydrogen-bond donors (Lipinski definition) is 0. The summed E-state index contributed by atoms with van der Waals surface area (Å²) in [5.41, 5.74) is 0. The molecule has 0 heterocycles. The Balaban J connectivity index is 5.15. The van der Waals surface area contributed by atoms with Crippen LogP contribution in [0.25, 0.3) is 0 Å². The summed E-state index contributed by atoms with van der Waals surface area (Å²) in [5.74, 6) is 0. The highest BCUT2D eigenvalue weighted by molar-refractivity contribution is 7.99. The van der Waals surface area contributed by atoms with Gasteiger partial charge in [0.1, 0.15) is 0 Å². The van der Waals surface area contributed by atoms with Crippen LogP contribution in [-0.4, -0.2) is 32.9 Å². The van der Waals surface area contributed by atoms with Crippen molar-refractivity contribution in [1.29, 1.82) is 0 Å². The lowest BCUT2D eigenvalue weighted by atomic mass is 10.6. The number of sulfone groups is 1. The molecule has 0 aliphatic heterocycles. The Morgan fingerprint density at radius 3 is 1.64 bits per heavy atom. The zero-order valence-electron chi connectivity index (χ0n) is 9.05. The summed E-state index contributed by atoms with van der Waals surface area (Å²) in [7, 11) is -4.65. The van der Waals surface area contributed by atoms with Crippen LogP contribution >= 0.6 is 7.60 Å². The first-order chi connectivity index (χ1) is 6.22. The summed E-state index contributed by atoms with van der Waals surface area (Å²) in [6, 6.07) is 0. The van der Waals surface area contributed by atoms with Gasteiger partial charge in [0.05, 0.1) is 5.25 Å². The summed E-state index contributed by atoms with van der Waals surface area (Å²) in [6.07, 6.45) is 0. The van der Waals surface area contributed by atoms with Crippen LogP contribution in [0.5, 0.6) is 0 Å². The highest BCUT2D eigenvalue weighted by Crippen LogP contribution is 2.53. The van der Waals surface area contributed by atoms with Crippen LogP contribution in [0.3, 0.4) is 0 Å². The first-order valence-corrected chi connectivity index (χ1v) is 7.38. The summed E-state index contributed by atoms with van der Waals surface area (Å²) in [4.78, 5) is -1.13. The maximum absolute atomic E-state index is 11.8. The van der Waals surface area contributed by atoms with E-state index >= 15 is 0 Å². The van der Waals surface area contributed by atoms with Crippen LogP contribution in [0.2, 0.25) is 0 Å². The Hall–Kier alpha value is 0.100. The maximum Gasteiger partial charge on any atom is 0.347 e. The van der Waals surface area contributed by atoms with E-state index in [-0.39, 0.29) is 0 Å². The van der Waals surface area contributed by atoms with Gasteiger partial charge in [0, 0.05) is 14.2 Å². The third-order valence-corrected chi connectivity index (χ3v) is 7.92. The van der Waals surface area contributed by atoms with Gasteiger partial charge in [-0.25, -0.2) is 8.42 Å². The minimum atomic E-state index is -3.54. The minimum Gasteiger partial charge on any atom is -0.311 e. The standard InChI is InChI=1S/C7H17O5PS/c1-6(2)14(9,10)7(3)13(8,11-4)12-5/h6-7H,1-5H3/t7-/m0/s1. The second kappa shape index (κ2) is 4.75. The lowest BCUT2D eigenvalue weighted by Crippen LogP contribution is -2.27. The molecule has 0 fully saturated rings. The molecule has 0 aliphatic rings. The molecule has 5 nitrogen and oxygen atoms in total. The quantitative estimate of drug-likeness (QED) is 0.687. The molecule has 14 heavy (non-hydrogen) atoms. The van der Waals surface area contributed by atoms with Crippen LogP contribution in [0.15, 0.2) is 0 Å². The lowest BCUT2D eigenvalue weighted by molar-refractivity contribution is 0.273. The second-order valence-corrected chi connectivity index (χ2v) is 8.90. The lowest BCUT2D eigenvalue weighted by Gasteiger charge is -2.22. The molecule has 1 atom stereocenters. The molecule has 0 bridgehead atoms. The fourth-order valence-corrected chi connectivity index (χ4v) is 5.16. The van der Waals surface area contributed by atoms with Crippen LogP contribution in [0.1, 0.15) is 20.8 Å². The van der Waals surface area contributed by atoms with E-state index in [1.807, 2.05) is 0 Å². The van der Waals surface area contributed by atoms with Crippen molar-refractivity contribution < 1.29 is 22.0 Å². The van der Waals surface area contributed by atoms with Gasteiger partial charge in [-0.3, -0.25) is 4.57 Å². The van der Waals surface area contributed by atoms with Gasteiger partial charge in [-0.1, -0.05) is 0 Å². The van der Waals surface area contributed by atoms with E-state index in [1.54, 1.807) is 0 Å². The van der Waals surface area contributed by atoms with Gasteiger partial charge >= 0.3 is 7.60 Å². The highest BCUT2D eigenvalue weighted by Gasteiger charge is 2.41. The first-order valence-electron chi connectivity index (χ1n) is 4.16. The molecular formula is C7H17O5PS. The first kappa shape index (κ1) is 14.1. The minimum absolute atomic E-state index is 0.601. The SMILES string of the molecule is COP(=O)(OC)[C@H](C)S(=O)(=O)C(C)C. The van der Waals surface area contributed by atoms with E-state index < -0.39 is 27.7 Å². The van der Waals surface area contributed by atoms with Crippen molar-refractivity contribution in [2.45, 2.75) is 31.0 Å². The molecule has 0 radical (unpaired) electrons. The van der Waals surface area contributed by atoms with E-state index in [9.17, 15) is 13.0 Å². The summed E-state index contributed by atoms with van der Waals surface area (Å²) >= 11 is 0. The van der Waals surface area contributed by atoms with Gasteiger partial charge in [0.25, 0.3) is 0 Å². The Bertz CT molecular complexity index is 313. The molecular weight excluding hydrogens is 227 g/mol. The molecule has 0 saturated heterocycles. The predicted octanol–water partition coefficient (Wildman–Crippen LogP) is 1.64. The normalized spacial score (nSPS) is 15.9. The third kappa shape index (κ3) is 2.57. The van der Waals surface area contributed by atoms with Crippen molar-refractivity contribution >= 4 is 17.4 Å². The van der Waals surface area contributed by atoms with Crippen molar-refractivity contribution in [2.75, 3.05) is 14.2 Å². The zero-order chi connectivity index (χ0) is 11.6. The average Bonchev–Trinajstić information content (AvgIpc) is 2.15. The molecule has 86 valence electrons. The summed E-state index contributed by atoms with van der Waals surface area (Å²) in [5, 5.41) is -0.601. The van der Waals surface area contributed by atoms with Crippen molar-refractivity contribution in [2.24, 2.45) is 0 Å². The number of rotatable bonds is 5. The smallest absolute Gasteiger partial charge is 0.311 e. The second-order valence-electron chi connectivity index (χ2n) is 3.14. The fourth-order valence-electron chi connectivity index (χ4n) is 0.945. The molecule has 0 saturated carbocycles. The Morgan fingerprint density at radius 1 is 1.07 bits per heavy atom. The van der Waals surface area contributed by atoms with E-state index in [0.29, 0.717) is 0 Å². The van der Waals surface area contributed by atoms with Crippen LogP contribution < -0.4 is 0 Å². The van der Waals surface area contributed by atoms with Crippen molar-refractivity contribution in [1.82, 2.24) is 0 Å². The van der Waals surface area contributed by atoms with E-state index in [0.717, 1.165) is 0 Å². The monoisotopic (exact) mass is 244 g/mol. The highest BCUT2D eigenvalue weighted by atomic mass is 32.2. The van der Waals surface area contributed by atoms with Crippen LogP contribution in [0.4, 0.5) is 0 Å². The molecule has 0 unspecified atom stereocenters. The molecule has 0 aromatic heterocycles. The van der Waals surface area contributed by atoms with Crippen molar-refractivity contribution in [3.63, 3.8) is 0 Å². The van der Waals surface area contributed by atoms with E-state index in [1.165, 1.54) is 35.0 Å². The molecule has 7 heteroatoms. The topological polar surface area (TPSA) is 69.7 Å². The van der Waals surface area contributed by atoms with Crippen LogP contribution in [0, 0.1) is 0 Å². The van der Waals surface area contributed by atoms with Crippen LogP contribution in [-0.2, 0) is 23.4 Å². The molecule has 0 spiro atoms. The molecule has 0 rings (SSSR count). The van der Waals surface area contributed by atoms with E-state index in [4.69, 9.17) is 0 Å². The van der Waals surface area contributed by atoms with Crippen molar-refractivity contribution in [3.8, 4) is 0 Å². The fraction of sp³-hybridized carbons (Fsp3) is 1.00. The Morgan fingerprint density at radius 2 is 1.43 bits per heavy atom. The largest absolute Gasteiger partial charge is 0.347 e. The van der Waals surface area contributed by atoms with Gasteiger partial charge in [-0.15, -0.1) is 0 Å². The zero-order valence-corrected chi connectivity index (χ0v) is 10.8. The molecule has 0 aliphatic carbocycles. The summed E-state index contributed by atoms with van der Waals surface area (Å²) < 4.78 is 44.4. The predicted molar refractivity (Wildman–Crippen MR) is 55.1 cm³/mol. The van der Waals surface area contributed by atoms with Crippen molar-refractivity contribution in [3.05, 3.63) is 0 Å². The Labute approximate surface area is 85.2 Å². The van der Waals surface area contributed by atoms with Gasteiger partial charge in [-0.05, 0) is 20.8 Å². The molecule has 0 N–H and O–H groups in total. The van der Waals surface area contributed by atoms with E-state index in [2.05, 4.69) is 9.05 Å². The molecule has 0 aromatic rings. The molecule has 0 amide bonds. The Kier molecular flexibility index (Phi) is 4.78. The van der Waals surface area contributed by atoms with Gasteiger partial charge in [-0.2, -0.15) is 0 Å². The maximum atomic E-state index is 11.8. The summed E-state index contributed by atoms with van der Waals surface area (Å²) in [6.45, 7) is 4.39. The molecule has 0 aromatic carbocycles. The third-order valence-electron chi connectivity index (χ3n) is 2.09.